The van der Waals surface area contributed by atoms with Crippen molar-refractivity contribution in [1.29, 1.82) is 0 Å². The minimum atomic E-state index is -0.395. The van der Waals surface area contributed by atoms with Gasteiger partial charge in [0.15, 0.2) is 0 Å². The van der Waals surface area contributed by atoms with Crippen LogP contribution < -0.4 is 10.6 Å². The number of hydrogen-bond acceptors (Lipinski definition) is 5. The Morgan fingerprint density at radius 1 is 1.14 bits per heavy atom. The van der Waals surface area contributed by atoms with Gasteiger partial charge in [-0.05, 0) is 36.8 Å². The maximum absolute atomic E-state index is 12.5. The first-order valence-electron chi connectivity index (χ1n) is 9.00. The largest absolute Gasteiger partial charge is 0.329 e. The third-order valence-electron chi connectivity index (χ3n) is 4.55. The molecule has 1 aliphatic heterocycles. The summed E-state index contributed by atoms with van der Waals surface area (Å²) in [7, 11) is 0. The number of thiazole rings is 1. The number of benzene rings is 2. The van der Waals surface area contributed by atoms with Gasteiger partial charge in [0.25, 0.3) is 5.91 Å². The van der Waals surface area contributed by atoms with Crippen LogP contribution in [0.3, 0.4) is 0 Å². The van der Waals surface area contributed by atoms with Crippen LogP contribution in [0.15, 0.2) is 53.9 Å². The second-order valence-corrected chi connectivity index (χ2v) is 7.68. The Balaban J connectivity index is 1.39. The van der Waals surface area contributed by atoms with Crippen molar-refractivity contribution < 1.29 is 14.4 Å². The summed E-state index contributed by atoms with van der Waals surface area (Å²) in [6.07, 6.45) is 0. The number of carbonyl (C=O) groups is 3. The van der Waals surface area contributed by atoms with Gasteiger partial charge in [-0.25, -0.2) is 9.78 Å². The van der Waals surface area contributed by atoms with Gasteiger partial charge < -0.3 is 10.6 Å². The summed E-state index contributed by atoms with van der Waals surface area (Å²) in [5.74, 6) is -0.489. The third-order valence-corrected chi connectivity index (χ3v) is 5.32. The van der Waals surface area contributed by atoms with Gasteiger partial charge in [-0.2, -0.15) is 0 Å². The van der Waals surface area contributed by atoms with Crippen molar-refractivity contribution in [3.05, 3.63) is 70.0 Å². The fraction of sp³-hybridized carbons (Fsp3) is 0.143. The van der Waals surface area contributed by atoms with Crippen LogP contribution in [0.5, 0.6) is 0 Å². The zero-order valence-corrected chi connectivity index (χ0v) is 16.5. The normalized spacial score (nSPS) is 13.5. The smallest absolute Gasteiger partial charge is 0.324 e. The molecular formula is C21H18N4O3S. The highest BCUT2D eigenvalue weighted by molar-refractivity contribution is 7.09. The van der Waals surface area contributed by atoms with E-state index in [4.69, 9.17) is 0 Å². The Morgan fingerprint density at radius 2 is 1.86 bits per heavy atom. The molecular weight excluding hydrogens is 388 g/mol. The Hall–Kier alpha value is -3.52. The van der Waals surface area contributed by atoms with Crippen molar-refractivity contribution in [2.24, 2.45) is 0 Å². The lowest BCUT2D eigenvalue weighted by molar-refractivity contribution is -0.125. The number of imide groups is 1. The van der Waals surface area contributed by atoms with E-state index >= 15 is 0 Å². The van der Waals surface area contributed by atoms with Gasteiger partial charge in [-0.15, -0.1) is 11.3 Å². The van der Waals surface area contributed by atoms with Crippen molar-refractivity contribution in [1.82, 2.24) is 15.2 Å². The third kappa shape index (κ3) is 4.17. The molecule has 4 amide bonds. The molecule has 2 aromatic carbocycles. The summed E-state index contributed by atoms with van der Waals surface area (Å²) in [4.78, 5) is 41.4. The molecule has 0 bridgehead atoms. The lowest BCUT2D eigenvalue weighted by Crippen LogP contribution is -2.30. The molecule has 4 rings (SSSR count). The second-order valence-electron chi connectivity index (χ2n) is 6.62. The van der Waals surface area contributed by atoms with Crippen LogP contribution in [0.4, 0.5) is 10.5 Å². The van der Waals surface area contributed by atoms with E-state index < -0.39 is 6.03 Å². The number of carbonyl (C=O) groups excluding carboxylic acids is 3. The molecule has 3 aromatic rings. The average molecular weight is 406 g/mol. The molecule has 2 N–H and O–H groups in total. The van der Waals surface area contributed by atoms with E-state index in [-0.39, 0.29) is 24.9 Å². The zero-order chi connectivity index (χ0) is 20.4. The van der Waals surface area contributed by atoms with Crippen molar-refractivity contribution in [3.8, 4) is 11.3 Å². The average Bonchev–Trinajstić information content (AvgIpc) is 3.29. The second kappa shape index (κ2) is 7.84. The van der Waals surface area contributed by atoms with Crippen LogP contribution >= 0.6 is 11.3 Å². The molecule has 0 atom stereocenters. The number of aryl methyl sites for hydroxylation is 1. The zero-order valence-electron chi connectivity index (χ0n) is 15.6. The van der Waals surface area contributed by atoms with Crippen LogP contribution in [-0.2, 0) is 11.3 Å². The lowest BCUT2D eigenvalue weighted by atomic mass is 10.1. The van der Waals surface area contributed by atoms with Crippen LogP contribution in [0, 0.1) is 6.92 Å². The van der Waals surface area contributed by atoms with E-state index in [1.807, 2.05) is 36.6 Å². The maximum Gasteiger partial charge on any atom is 0.324 e. The summed E-state index contributed by atoms with van der Waals surface area (Å²) in [6.45, 7) is 2.18. The van der Waals surface area contributed by atoms with Crippen LogP contribution in [-0.4, -0.2) is 34.3 Å². The minimum absolute atomic E-state index is 0.0280. The Labute approximate surface area is 171 Å². The van der Waals surface area contributed by atoms with Gasteiger partial charge in [-0.1, -0.05) is 24.3 Å². The number of anilines is 1. The molecule has 1 aliphatic rings. The van der Waals surface area contributed by atoms with Crippen LogP contribution in [0.25, 0.3) is 11.3 Å². The first kappa shape index (κ1) is 18.8. The quantitative estimate of drug-likeness (QED) is 0.635. The highest BCUT2D eigenvalue weighted by atomic mass is 32.1. The van der Waals surface area contributed by atoms with Crippen molar-refractivity contribution in [3.63, 3.8) is 0 Å². The van der Waals surface area contributed by atoms with E-state index in [1.165, 1.54) is 0 Å². The molecule has 146 valence electrons. The molecule has 29 heavy (non-hydrogen) atoms. The van der Waals surface area contributed by atoms with E-state index in [9.17, 15) is 14.4 Å². The first-order valence-corrected chi connectivity index (χ1v) is 9.88. The van der Waals surface area contributed by atoms with Crippen molar-refractivity contribution in [2.75, 3.05) is 11.9 Å². The topological polar surface area (TPSA) is 91.4 Å². The fourth-order valence-corrected chi connectivity index (χ4v) is 3.61. The molecule has 2 heterocycles. The molecule has 0 radical (unpaired) electrons. The summed E-state index contributed by atoms with van der Waals surface area (Å²) in [6, 6.07) is 14.0. The van der Waals surface area contributed by atoms with Crippen LogP contribution in [0.1, 0.15) is 20.9 Å². The van der Waals surface area contributed by atoms with Gasteiger partial charge in [0.05, 0.1) is 23.8 Å². The number of amides is 4. The molecule has 0 saturated carbocycles. The Bertz CT molecular complexity index is 1060. The van der Waals surface area contributed by atoms with E-state index in [0.29, 0.717) is 11.3 Å². The van der Waals surface area contributed by atoms with Gasteiger partial charge in [0, 0.05) is 22.2 Å². The molecule has 1 aromatic heterocycles. The summed E-state index contributed by atoms with van der Waals surface area (Å²) < 4.78 is 0. The molecule has 0 unspecified atom stereocenters. The van der Waals surface area contributed by atoms with Gasteiger partial charge in [-0.3, -0.25) is 14.5 Å². The van der Waals surface area contributed by atoms with Crippen LogP contribution in [0.2, 0.25) is 0 Å². The predicted octanol–water partition coefficient (Wildman–Crippen LogP) is 3.42. The molecule has 7 nitrogen and oxygen atoms in total. The number of rotatable bonds is 5. The molecule has 1 fully saturated rings. The molecule has 1 saturated heterocycles. The summed E-state index contributed by atoms with van der Waals surface area (Å²) in [5, 5.41) is 8.36. The first-order chi connectivity index (χ1) is 14.0. The van der Waals surface area contributed by atoms with E-state index in [0.717, 1.165) is 26.7 Å². The van der Waals surface area contributed by atoms with Crippen molar-refractivity contribution in [2.45, 2.75) is 13.5 Å². The summed E-state index contributed by atoms with van der Waals surface area (Å²) in [5.41, 5.74) is 3.87. The SMILES string of the molecule is Cc1nc(-c2ccc(NC(=O)c3ccc(CN4C(=O)CNC4=O)cc3)cc2)cs1. The maximum atomic E-state index is 12.5. The highest BCUT2D eigenvalue weighted by Gasteiger charge is 2.28. The minimum Gasteiger partial charge on any atom is -0.329 e. The van der Waals surface area contributed by atoms with Gasteiger partial charge in [0.1, 0.15) is 0 Å². The molecule has 0 spiro atoms. The molecule has 8 heteroatoms. The molecule has 0 aliphatic carbocycles. The van der Waals surface area contributed by atoms with E-state index in [2.05, 4.69) is 15.6 Å². The number of aromatic nitrogens is 1. The standard InChI is InChI=1S/C21H18N4O3S/c1-13-23-18(12-29-13)15-6-8-17(9-7-15)24-20(27)16-4-2-14(3-5-16)11-25-19(26)10-22-21(25)28/h2-9,12H,10-11H2,1H3,(H,22,28)(H,24,27). The highest BCUT2D eigenvalue weighted by Crippen LogP contribution is 2.23. The summed E-state index contributed by atoms with van der Waals surface area (Å²) >= 11 is 1.60. The Morgan fingerprint density at radius 3 is 2.45 bits per heavy atom. The fourth-order valence-electron chi connectivity index (χ4n) is 2.98. The predicted molar refractivity (Wildman–Crippen MR) is 111 cm³/mol. The Kier molecular flexibility index (Phi) is 5.09. The monoisotopic (exact) mass is 406 g/mol. The number of nitrogens with zero attached hydrogens (tertiary/aromatic N) is 2. The number of nitrogens with one attached hydrogen (secondary N) is 2. The van der Waals surface area contributed by atoms with Gasteiger partial charge in [0.2, 0.25) is 5.91 Å². The number of hydrogen-bond donors (Lipinski definition) is 2. The van der Waals surface area contributed by atoms with Crippen molar-refractivity contribution >= 4 is 34.9 Å². The van der Waals surface area contributed by atoms with E-state index in [1.54, 1.807) is 35.6 Å². The van der Waals surface area contributed by atoms with Gasteiger partial charge >= 0.3 is 6.03 Å². The lowest BCUT2D eigenvalue weighted by Gasteiger charge is -2.12. The number of urea groups is 1.